The second-order valence-electron chi connectivity index (χ2n) is 5.92. The average Bonchev–Trinajstić information content (AvgIpc) is 2.37. The van der Waals surface area contributed by atoms with Gasteiger partial charge in [-0.25, -0.2) is 9.97 Å². The smallest absolute Gasteiger partial charge is 0.138 e. The molecule has 0 aliphatic heterocycles. The van der Waals surface area contributed by atoms with Crippen LogP contribution < -0.4 is 10.2 Å². The molecule has 6 heteroatoms. The highest BCUT2D eigenvalue weighted by atomic mass is 16.5. The molecule has 20 heavy (non-hydrogen) atoms. The summed E-state index contributed by atoms with van der Waals surface area (Å²) in [6, 6.07) is 1.87. The number of ether oxygens (including phenoxy) is 1. The maximum Gasteiger partial charge on any atom is 0.138 e. The standard InChI is InChI=1S/C14H26N4O2/c1-14(2,3)13-16-11(15-4)7-12(17-13)18(5)8-10(19)9-20-6/h7,10,19H,8-9H2,1-6H3,(H,15,16,17). The van der Waals surface area contributed by atoms with Crippen molar-refractivity contribution >= 4 is 11.6 Å². The fourth-order valence-corrected chi connectivity index (χ4v) is 1.75. The van der Waals surface area contributed by atoms with Crippen molar-refractivity contribution in [2.45, 2.75) is 32.3 Å². The SMILES string of the molecule is CNc1cc(N(C)CC(O)COC)nc(C(C)(C)C)n1. The number of anilines is 2. The van der Waals surface area contributed by atoms with Gasteiger partial charge in [0.15, 0.2) is 0 Å². The van der Waals surface area contributed by atoms with E-state index in [1.807, 2.05) is 25.1 Å². The molecule has 1 rings (SSSR count). The van der Waals surface area contributed by atoms with E-state index < -0.39 is 6.10 Å². The third-order valence-electron chi connectivity index (χ3n) is 2.87. The van der Waals surface area contributed by atoms with Gasteiger partial charge < -0.3 is 20.1 Å². The highest BCUT2D eigenvalue weighted by Gasteiger charge is 2.20. The van der Waals surface area contributed by atoms with Gasteiger partial charge in [0.25, 0.3) is 0 Å². The number of methoxy groups -OCH3 is 1. The van der Waals surface area contributed by atoms with Crippen LogP contribution in [-0.2, 0) is 10.2 Å². The Morgan fingerprint density at radius 3 is 2.55 bits per heavy atom. The fraction of sp³-hybridized carbons (Fsp3) is 0.714. The molecule has 0 radical (unpaired) electrons. The van der Waals surface area contributed by atoms with Gasteiger partial charge in [-0.1, -0.05) is 20.8 Å². The summed E-state index contributed by atoms with van der Waals surface area (Å²) >= 11 is 0. The molecule has 0 aliphatic carbocycles. The van der Waals surface area contributed by atoms with E-state index in [0.717, 1.165) is 17.5 Å². The van der Waals surface area contributed by atoms with Crippen LogP contribution in [-0.4, -0.2) is 55.5 Å². The predicted octanol–water partition coefficient (Wildman–Crippen LogP) is 1.26. The Hall–Kier alpha value is -1.40. The molecule has 0 amide bonds. The molecule has 0 aromatic carbocycles. The van der Waals surface area contributed by atoms with Crippen molar-refractivity contribution in [1.82, 2.24) is 9.97 Å². The predicted molar refractivity (Wildman–Crippen MR) is 81.4 cm³/mol. The molecule has 1 atom stereocenters. The molecule has 0 saturated heterocycles. The fourth-order valence-electron chi connectivity index (χ4n) is 1.75. The third kappa shape index (κ3) is 4.61. The molecule has 6 nitrogen and oxygen atoms in total. The van der Waals surface area contributed by atoms with Gasteiger partial charge in [-0.15, -0.1) is 0 Å². The van der Waals surface area contributed by atoms with E-state index in [2.05, 4.69) is 36.1 Å². The normalized spacial score (nSPS) is 13.2. The first-order valence-corrected chi connectivity index (χ1v) is 6.73. The first-order valence-electron chi connectivity index (χ1n) is 6.73. The molecule has 2 N–H and O–H groups in total. The third-order valence-corrected chi connectivity index (χ3v) is 2.87. The Balaban J connectivity index is 2.99. The lowest BCUT2D eigenvalue weighted by molar-refractivity contribution is 0.0694. The van der Waals surface area contributed by atoms with Gasteiger partial charge >= 0.3 is 0 Å². The number of aromatic nitrogens is 2. The summed E-state index contributed by atoms with van der Waals surface area (Å²) in [5.41, 5.74) is -0.131. The van der Waals surface area contributed by atoms with Crippen molar-refractivity contribution in [1.29, 1.82) is 0 Å². The number of aliphatic hydroxyl groups excluding tert-OH is 1. The van der Waals surface area contributed by atoms with Crippen LogP contribution in [0, 0.1) is 0 Å². The van der Waals surface area contributed by atoms with Gasteiger partial charge in [0.05, 0.1) is 12.7 Å². The van der Waals surface area contributed by atoms with Gasteiger partial charge in [-0.2, -0.15) is 0 Å². The summed E-state index contributed by atoms with van der Waals surface area (Å²) in [6.07, 6.45) is -0.545. The average molecular weight is 282 g/mol. The Kier molecular flexibility index (Phi) is 5.71. The summed E-state index contributed by atoms with van der Waals surface area (Å²) < 4.78 is 4.94. The summed E-state index contributed by atoms with van der Waals surface area (Å²) in [7, 11) is 5.30. The first-order chi connectivity index (χ1) is 9.27. The van der Waals surface area contributed by atoms with Crippen molar-refractivity contribution in [3.8, 4) is 0 Å². The summed E-state index contributed by atoms with van der Waals surface area (Å²) in [4.78, 5) is 11.0. The minimum absolute atomic E-state index is 0.131. The Morgan fingerprint density at radius 2 is 2.05 bits per heavy atom. The van der Waals surface area contributed by atoms with Crippen LogP contribution in [0.15, 0.2) is 6.07 Å². The molecule has 0 aliphatic rings. The summed E-state index contributed by atoms with van der Waals surface area (Å²) in [5.74, 6) is 2.32. The lowest BCUT2D eigenvalue weighted by Crippen LogP contribution is -2.33. The Morgan fingerprint density at radius 1 is 1.40 bits per heavy atom. The van der Waals surface area contributed by atoms with Crippen molar-refractivity contribution in [2.75, 3.05) is 44.6 Å². The zero-order chi connectivity index (χ0) is 15.3. The van der Waals surface area contributed by atoms with E-state index in [1.54, 1.807) is 7.11 Å². The molecule has 0 spiro atoms. The number of nitrogens with zero attached hydrogens (tertiary/aromatic N) is 3. The number of nitrogens with one attached hydrogen (secondary N) is 1. The van der Waals surface area contributed by atoms with Crippen molar-refractivity contribution in [3.63, 3.8) is 0 Å². The molecule has 0 saturated carbocycles. The molecule has 1 heterocycles. The van der Waals surface area contributed by atoms with Crippen LogP contribution in [0.4, 0.5) is 11.6 Å². The summed E-state index contributed by atoms with van der Waals surface area (Å²) in [6.45, 7) is 6.99. The molecule has 1 aromatic heterocycles. The lowest BCUT2D eigenvalue weighted by atomic mass is 9.96. The minimum atomic E-state index is -0.545. The zero-order valence-electron chi connectivity index (χ0n) is 13.3. The van der Waals surface area contributed by atoms with Crippen LogP contribution in [0.1, 0.15) is 26.6 Å². The number of aliphatic hydroxyl groups is 1. The van der Waals surface area contributed by atoms with Gasteiger partial charge in [-0.05, 0) is 0 Å². The number of likely N-dealkylation sites (N-methyl/N-ethyl adjacent to an activating group) is 1. The first kappa shape index (κ1) is 16.7. The molecular formula is C14H26N4O2. The van der Waals surface area contributed by atoms with Crippen LogP contribution in [0.2, 0.25) is 0 Å². The topological polar surface area (TPSA) is 70.5 Å². The van der Waals surface area contributed by atoms with E-state index in [9.17, 15) is 5.11 Å². The van der Waals surface area contributed by atoms with Gasteiger partial charge in [0.2, 0.25) is 0 Å². The van der Waals surface area contributed by atoms with Crippen LogP contribution in [0.25, 0.3) is 0 Å². The van der Waals surface area contributed by atoms with Crippen molar-refractivity contribution in [2.24, 2.45) is 0 Å². The molecule has 1 aromatic rings. The van der Waals surface area contributed by atoms with Crippen molar-refractivity contribution in [3.05, 3.63) is 11.9 Å². The molecule has 114 valence electrons. The van der Waals surface area contributed by atoms with Gasteiger partial charge in [0, 0.05) is 39.2 Å². The van der Waals surface area contributed by atoms with E-state index in [4.69, 9.17) is 4.74 Å². The minimum Gasteiger partial charge on any atom is -0.389 e. The van der Waals surface area contributed by atoms with E-state index in [1.165, 1.54) is 0 Å². The molecular weight excluding hydrogens is 256 g/mol. The quantitative estimate of drug-likeness (QED) is 0.818. The molecule has 0 bridgehead atoms. The zero-order valence-corrected chi connectivity index (χ0v) is 13.3. The highest BCUT2D eigenvalue weighted by Crippen LogP contribution is 2.23. The van der Waals surface area contributed by atoms with Crippen LogP contribution >= 0.6 is 0 Å². The van der Waals surface area contributed by atoms with Crippen LogP contribution in [0.5, 0.6) is 0 Å². The van der Waals surface area contributed by atoms with Gasteiger partial charge in [0.1, 0.15) is 17.5 Å². The molecule has 1 unspecified atom stereocenters. The second-order valence-corrected chi connectivity index (χ2v) is 5.92. The maximum absolute atomic E-state index is 9.81. The monoisotopic (exact) mass is 282 g/mol. The highest BCUT2D eigenvalue weighted by molar-refractivity contribution is 5.49. The van der Waals surface area contributed by atoms with Crippen molar-refractivity contribution < 1.29 is 9.84 Å². The summed E-state index contributed by atoms with van der Waals surface area (Å²) in [5, 5.41) is 12.9. The van der Waals surface area contributed by atoms with Crippen LogP contribution in [0.3, 0.4) is 0 Å². The largest absolute Gasteiger partial charge is 0.389 e. The number of rotatable bonds is 6. The number of hydrogen-bond donors (Lipinski definition) is 2. The molecule has 0 fully saturated rings. The van der Waals surface area contributed by atoms with E-state index in [0.29, 0.717) is 13.2 Å². The second kappa shape index (κ2) is 6.85. The van der Waals surface area contributed by atoms with E-state index >= 15 is 0 Å². The Bertz CT molecular complexity index is 432. The number of hydrogen-bond acceptors (Lipinski definition) is 6. The van der Waals surface area contributed by atoms with E-state index in [-0.39, 0.29) is 5.41 Å². The Labute approximate surface area is 121 Å². The maximum atomic E-state index is 9.81. The lowest BCUT2D eigenvalue weighted by Gasteiger charge is -2.24. The van der Waals surface area contributed by atoms with Gasteiger partial charge in [-0.3, -0.25) is 0 Å².